The van der Waals surface area contributed by atoms with Gasteiger partial charge in [-0.15, -0.1) is 0 Å². The van der Waals surface area contributed by atoms with E-state index in [1.54, 1.807) is 12.1 Å². The number of hydrogen-bond acceptors (Lipinski definition) is 4. The van der Waals surface area contributed by atoms with Gasteiger partial charge in [-0.1, -0.05) is 17.7 Å². The number of hydrogen-bond donors (Lipinski definition) is 2. The van der Waals surface area contributed by atoms with Gasteiger partial charge in [-0.2, -0.15) is 0 Å². The van der Waals surface area contributed by atoms with Crippen LogP contribution in [0, 0.1) is 14.1 Å². The lowest BCUT2D eigenvalue weighted by atomic mass is 10.2. The molecule has 1 aliphatic rings. The molecule has 0 aromatic heterocycles. The molecule has 2 aromatic carbocycles. The number of amidine groups is 1. The summed E-state index contributed by atoms with van der Waals surface area (Å²) in [6.07, 6.45) is 1.79. The van der Waals surface area contributed by atoms with E-state index in [1.165, 1.54) is 11.8 Å². The Morgan fingerprint density at radius 3 is 2.56 bits per heavy atom. The van der Waals surface area contributed by atoms with Crippen LogP contribution in [0.2, 0.25) is 5.02 Å². The summed E-state index contributed by atoms with van der Waals surface area (Å²) in [5.74, 6) is 0.0606. The molecule has 0 atom stereocenters. The summed E-state index contributed by atoms with van der Waals surface area (Å²) in [5, 5.41) is 13.8. The first-order valence-corrected chi connectivity index (χ1v) is 10.4. The minimum absolute atomic E-state index is 0.194. The standard InChI is InChI=1S/C17H11ClI2N2O2S/c1-8-2-3-10(7-11(8)18)21-17-22-16(24)14(25-17)6-9-4-12(19)15(23)13(20)5-9/h2-7,23H,1H3,(H,21,22,24)/b14-6-. The predicted octanol–water partition coefficient (Wildman–Crippen LogP) is 5.45. The second kappa shape index (κ2) is 7.85. The number of nitrogens with one attached hydrogen (secondary N) is 1. The molecule has 0 saturated carbocycles. The first-order valence-electron chi connectivity index (χ1n) is 7.07. The van der Waals surface area contributed by atoms with E-state index in [4.69, 9.17) is 11.6 Å². The highest BCUT2D eigenvalue weighted by atomic mass is 127. The molecule has 4 nitrogen and oxygen atoms in total. The van der Waals surface area contributed by atoms with Crippen molar-refractivity contribution in [3.63, 3.8) is 0 Å². The maximum Gasteiger partial charge on any atom is 0.264 e. The van der Waals surface area contributed by atoms with E-state index < -0.39 is 0 Å². The van der Waals surface area contributed by atoms with Gasteiger partial charge in [0.1, 0.15) is 5.75 Å². The second-order valence-electron chi connectivity index (χ2n) is 5.25. The number of aromatic hydroxyl groups is 1. The third-order valence-corrected chi connectivity index (χ3v) is 6.34. The van der Waals surface area contributed by atoms with E-state index in [0.717, 1.165) is 18.3 Å². The lowest BCUT2D eigenvalue weighted by Crippen LogP contribution is -2.19. The first kappa shape index (κ1) is 19.0. The van der Waals surface area contributed by atoms with Crippen molar-refractivity contribution < 1.29 is 9.90 Å². The van der Waals surface area contributed by atoms with Crippen molar-refractivity contribution in [1.82, 2.24) is 5.32 Å². The van der Waals surface area contributed by atoms with Crippen LogP contribution < -0.4 is 5.32 Å². The van der Waals surface area contributed by atoms with Crippen LogP contribution in [0.3, 0.4) is 0 Å². The zero-order valence-corrected chi connectivity index (χ0v) is 18.7. The molecule has 0 bridgehead atoms. The van der Waals surface area contributed by atoms with Gasteiger partial charge in [-0.25, -0.2) is 4.99 Å². The average Bonchev–Trinajstić information content (AvgIpc) is 2.88. The average molecular weight is 597 g/mol. The van der Waals surface area contributed by atoms with Crippen LogP contribution in [0.4, 0.5) is 5.69 Å². The fraction of sp³-hybridized carbons (Fsp3) is 0.0588. The van der Waals surface area contributed by atoms with Crippen LogP contribution in [0.1, 0.15) is 11.1 Å². The van der Waals surface area contributed by atoms with E-state index in [0.29, 0.717) is 20.8 Å². The quantitative estimate of drug-likeness (QED) is 0.358. The van der Waals surface area contributed by atoms with Gasteiger partial charge in [0, 0.05) is 5.02 Å². The summed E-state index contributed by atoms with van der Waals surface area (Å²) >= 11 is 11.5. The molecular weight excluding hydrogens is 586 g/mol. The number of phenolic OH excluding ortho intramolecular Hbond substituents is 1. The van der Waals surface area contributed by atoms with Crippen molar-refractivity contribution in [1.29, 1.82) is 0 Å². The Kier molecular flexibility index (Phi) is 5.96. The molecule has 1 heterocycles. The fourth-order valence-electron chi connectivity index (χ4n) is 2.07. The molecule has 1 fully saturated rings. The molecule has 0 radical (unpaired) electrons. The number of carbonyl (C=O) groups is 1. The lowest BCUT2D eigenvalue weighted by molar-refractivity contribution is -0.115. The van der Waals surface area contributed by atoms with Crippen molar-refractivity contribution >= 4 is 91.4 Å². The molecule has 0 aliphatic carbocycles. The SMILES string of the molecule is Cc1ccc(N=C2NC(=O)/C(=C/c3cc(I)c(O)c(I)c3)S2)cc1Cl. The van der Waals surface area contributed by atoms with Gasteiger partial charge in [0.05, 0.1) is 17.7 Å². The predicted molar refractivity (Wildman–Crippen MR) is 121 cm³/mol. The molecule has 3 rings (SSSR count). The number of nitrogens with zero attached hydrogens (tertiary/aromatic N) is 1. The number of amides is 1. The number of benzene rings is 2. The summed E-state index contributed by atoms with van der Waals surface area (Å²) in [7, 11) is 0. The summed E-state index contributed by atoms with van der Waals surface area (Å²) in [4.78, 5) is 17.2. The van der Waals surface area contributed by atoms with Gasteiger partial charge >= 0.3 is 0 Å². The zero-order valence-electron chi connectivity index (χ0n) is 12.8. The molecule has 25 heavy (non-hydrogen) atoms. The molecule has 1 saturated heterocycles. The third kappa shape index (κ3) is 4.50. The van der Waals surface area contributed by atoms with Gasteiger partial charge in [0.2, 0.25) is 0 Å². The van der Waals surface area contributed by atoms with Gasteiger partial charge in [0.15, 0.2) is 5.17 Å². The highest BCUT2D eigenvalue weighted by molar-refractivity contribution is 14.1. The Balaban J connectivity index is 1.87. The van der Waals surface area contributed by atoms with E-state index in [2.05, 4.69) is 55.5 Å². The molecule has 2 N–H and O–H groups in total. The van der Waals surface area contributed by atoms with Crippen LogP contribution >= 0.6 is 68.5 Å². The number of halogens is 3. The van der Waals surface area contributed by atoms with Crippen LogP contribution in [-0.4, -0.2) is 16.2 Å². The van der Waals surface area contributed by atoms with Crippen LogP contribution in [0.25, 0.3) is 6.08 Å². The van der Waals surface area contributed by atoms with E-state index >= 15 is 0 Å². The number of rotatable bonds is 2. The van der Waals surface area contributed by atoms with Crippen molar-refractivity contribution in [3.8, 4) is 5.75 Å². The van der Waals surface area contributed by atoms with E-state index in [-0.39, 0.29) is 11.7 Å². The maximum atomic E-state index is 12.2. The third-order valence-electron chi connectivity index (χ3n) is 3.37. The first-order chi connectivity index (χ1) is 11.8. The highest BCUT2D eigenvalue weighted by Crippen LogP contribution is 2.32. The van der Waals surface area contributed by atoms with Gasteiger partial charge in [0.25, 0.3) is 5.91 Å². The normalized spacial score (nSPS) is 17.4. The Morgan fingerprint density at radius 1 is 1.24 bits per heavy atom. The Hall–Kier alpha value is -0.780. The number of carbonyl (C=O) groups excluding carboxylic acids is 1. The zero-order chi connectivity index (χ0) is 18.1. The van der Waals surface area contributed by atoms with Crippen LogP contribution in [0.15, 0.2) is 40.2 Å². The van der Waals surface area contributed by atoms with Gasteiger partial charge in [-0.3, -0.25) is 4.79 Å². The summed E-state index contributed by atoms with van der Waals surface area (Å²) in [6.45, 7) is 1.92. The molecule has 1 amide bonds. The monoisotopic (exact) mass is 596 g/mol. The van der Waals surface area contributed by atoms with Gasteiger partial charge < -0.3 is 10.4 Å². The van der Waals surface area contributed by atoms with E-state index in [9.17, 15) is 9.90 Å². The largest absolute Gasteiger partial charge is 0.506 e. The van der Waals surface area contributed by atoms with Crippen molar-refractivity contribution in [2.45, 2.75) is 6.92 Å². The fourth-order valence-corrected chi connectivity index (χ4v) is 4.90. The smallest absolute Gasteiger partial charge is 0.264 e. The minimum Gasteiger partial charge on any atom is -0.506 e. The Morgan fingerprint density at radius 2 is 1.92 bits per heavy atom. The summed E-state index contributed by atoms with van der Waals surface area (Å²) < 4.78 is 1.48. The molecule has 0 spiro atoms. The summed E-state index contributed by atoms with van der Waals surface area (Å²) in [5.41, 5.74) is 2.52. The number of aliphatic imine (C=N–C) groups is 1. The second-order valence-corrected chi connectivity index (χ2v) is 9.01. The molecule has 128 valence electrons. The molecule has 8 heteroatoms. The Labute approximate surface area is 181 Å². The van der Waals surface area contributed by atoms with Crippen molar-refractivity contribution in [3.05, 3.63) is 58.5 Å². The Bertz CT molecular complexity index is 921. The number of thioether (sulfide) groups is 1. The van der Waals surface area contributed by atoms with Crippen molar-refractivity contribution in [2.75, 3.05) is 0 Å². The van der Waals surface area contributed by atoms with Crippen LogP contribution in [-0.2, 0) is 4.79 Å². The minimum atomic E-state index is -0.194. The lowest BCUT2D eigenvalue weighted by Gasteiger charge is -2.02. The topological polar surface area (TPSA) is 61.7 Å². The number of phenols is 1. The molecular formula is C17H11ClI2N2O2S. The summed E-state index contributed by atoms with van der Waals surface area (Å²) in [6, 6.07) is 9.16. The highest BCUT2D eigenvalue weighted by Gasteiger charge is 2.24. The number of aryl methyl sites for hydroxylation is 1. The molecule has 0 unspecified atom stereocenters. The van der Waals surface area contributed by atoms with E-state index in [1.807, 2.05) is 31.2 Å². The van der Waals surface area contributed by atoms with Crippen LogP contribution in [0.5, 0.6) is 5.75 Å². The molecule has 2 aromatic rings. The van der Waals surface area contributed by atoms with Crippen molar-refractivity contribution in [2.24, 2.45) is 4.99 Å². The molecule has 1 aliphatic heterocycles. The maximum absolute atomic E-state index is 12.2. The van der Waals surface area contributed by atoms with Gasteiger partial charge in [-0.05, 0) is 105 Å².